The largest absolute Gasteiger partial charge is 0.366 e. The van der Waals surface area contributed by atoms with E-state index in [1.165, 1.54) is 0 Å². The molecule has 2 saturated heterocycles. The van der Waals surface area contributed by atoms with Crippen molar-refractivity contribution < 1.29 is 19.1 Å². The first-order valence-electron chi connectivity index (χ1n) is 10.4. The van der Waals surface area contributed by atoms with E-state index < -0.39 is 23.6 Å². The van der Waals surface area contributed by atoms with Crippen LogP contribution in [0.25, 0.3) is 0 Å². The minimum Gasteiger partial charge on any atom is -0.366 e. The first kappa shape index (κ1) is 20.4. The monoisotopic (exact) mass is 418 g/mol. The second-order valence-electron chi connectivity index (χ2n) is 8.53. The molecule has 7 heteroatoms. The predicted octanol–water partition coefficient (Wildman–Crippen LogP) is 2.40. The number of ether oxygens (including phenoxy) is 1. The molecule has 4 atom stereocenters. The number of carbonyl (C=O) groups is 3. The molecule has 1 N–H and O–H groups in total. The van der Waals surface area contributed by atoms with Crippen LogP contribution in [0.5, 0.6) is 0 Å². The van der Waals surface area contributed by atoms with Crippen molar-refractivity contribution in [2.75, 3.05) is 13.2 Å². The van der Waals surface area contributed by atoms with Crippen molar-refractivity contribution >= 4 is 29.2 Å². The lowest BCUT2D eigenvalue weighted by Crippen LogP contribution is -2.55. The van der Waals surface area contributed by atoms with Crippen molar-refractivity contribution in [1.29, 1.82) is 0 Å². The molecule has 1 saturated carbocycles. The van der Waals surface area contributed by atoms with E-state index >= 15 is 0 Å². The number of ketones is 1. The zero-order valence-corrected chi connectivity index (χ0v) is 17.3. The third-order valence-corrected chi connectivity index (χ3v) is 6.91. The molecule has 156 valence electrons. The number of nitrogens with one attached hydrogen (secondary N) is 1. The second-order valence-corrected chi connectivity index (χ2v) is 9.09. The van der Waals surface area contributed by atoms with E-state index in [4.69, 9.17) is 16.3 Å². The summed E-state index contributed by atoms with van der Waals surface area (Å²) >= 11 is 6.37. The number of alkyl halides is 1. The molecule has 1 aromatic carbocycles. The molecule has 3 aliphatic rings. The summed E-state index contributed by atoms with van der Waals surface area (Å²) in [6, 6.07) is 7.61. The summed E-state index contributed by atoms with van der Waals surface area (Å²) in [4.78, 5) is 40.3. The average Bonchev–Trinajstić information content (AvgIpc) is 3.28. The topological polar surface area (TPSA) is 75.7 Å². The Morgan fingerprint density at radius 3 is 2.55 bits per heavy atom. The lowest BCUT2D eigenvalue weighted by Gasteiger charge is -2.35. The molecule has 29 heavy (non-hydrogen) atoms. The standard InChI is InChI=1S/C22H27ClN2O4/c1-13-7-9-14(10-8-13)18(24-21(27)15-5-3-2-4-6-15)22(28)25-11-16(23)20-19(25)17(26)12-29-20/h2-6,13-14,16,18-20H,7-12H2,1H3,(H,24,27)/t13?,14?,16-,18-,19+,20+/m0/s1. The first-order valence-corrected chi connectivity index (χ1v) is 10.8. The molecule has 0 spiro atoms. The van der Waals surface area contributed by atoms with Crippen LogP contribution < -0.4 is 5.32 Å². The fourth-order valence-corrected chi connectivity index (χ4v) is 5.18. The van der Waals surface area contributed by atoms with Gasteiger partial charge in [0.2, 0.25) is 5.91 Å². The van der Waals surface area contributed by atoms with Gasteiger partial charge < -0.3 is 15.0 Å². The molecule has 0 radical (unpaired) electrons. The van der Waals surface area contributed by atoms with E-state index in [0.717, 1.165) is 25.7 Å². The van der Waals surface area contributed by atoms with Gasteiger partial charge in [-0.2, -0.15) is 0 Å². The Labute approximate surface area is 175 Å². The predicted molar refractivity (Wildman–Crippen MR) is 109 cm³/mol. The molecule has 2 heterocycles. The molecule has 2 amide bonds. The Bertz CT molecular complexity index is 778. The zero-order valence-electron chi connectivity index (χ0n) is 16.6. The van der Waals surface area contributed by atoms with Crippen molar-refractivity contribution in [3.05, 3.63) is 35.9 Å². The van der Waals surface area contributed by atoms with Gasteiger partial charge in [0.1, 0.15) is 24.8 Å². The van der Waals surface area contributed by atoms with Crippen LogP contribution >= 0.6 is 11.6 Å². The van der Waals surface area contributed by atoms with Gasteiger partial charge in [0.05, 0.1) is 5.38 Å². The van der Waals surface area contributed by atoms with Gasteiger partial charge in [0.15, 0.2) is 5.78 Å². The number of nitrogens with zero attached hydrogens (tertiary/aromatic N) is 1. The van der Waals surface area contributed by atoms with E-state index in [9.17, 15) is 14.4 Å². The van der Waals surface area contributed by atoms with E-state index in [2.05, 4.69) is 12.2 Å². The minimum absolute atomic E-state index is 0.00961. The Morgan fingerprint density at radius 1 is 1.17 bits per heavy atom. The van der Waals surface area contributed by atoms with Crippen molar-refractivity contribution in [1.82, 2.24) is 10.2 Å². The number of benzene rings is 1. The Morgan fingerprint density at radius 2 is 1.86 bits per heavy atom. The molecular weight excluding hydrogens is 392 g/mol. The Kier molecular flexibility index (Phi) is 5.93. The number of carbonyl (C=O) groups excluding carboxylic acids is 3. The second kappa shape index (κ2) is 8.44. The number of amides is 2. The molecule has 3 fully saturated rings. The molecular formula is C22H27ClN2O4. The average molecular weight is 419 g/mol. The lowest BCUT2D eigenvalue weighted by atomic mass is 9.78. The fraction of sp³-hybridized carbons (Fsp3) is 0.591. The summed E-state index contributed by atoms with van der Waals surface area (Å²) < 4.78 is 5.51. The van der Waals surface area contributed by atoms with Crippen molar-refractivity contribution in [3.63, 3.8) is 0 Å². The highest BCUT2D eigenvalue weighted by Crippen LogP contribution is 2.35. The first-order chi connectivity index (χ1) is 14.0. The van der Waals surface area contributed by atoms with E-state index in [0.29, 0.717) is 11.5 Å². The number of hydrogen-bond acceptors (Lipinski definition) is 4. The van der Waals surface area contributed by atoms with Gasteiger partial charge >= 0.3 is 0 Å². The summed E-state index contributed by atoms with van der Waals surface area (Å²) in [6.07, 6.45) is 3.36. The van der Waals surface area contributed by atoms with Crippen LogP contribution in [0.15, 0.2) is 30.3 Å². The normalized spacial score (nSPS) is 32.7. The van der Waals surface area contributed by atoms with E-state index in [1.807, 2.05) is 6.07 Å². The quantitative estimate of drug-likeness (QED) is 0.762. The van der Waals surface area contributed by atoms with Crippen LogP contribution in [0, 0.1) is 11.8 Å². The van der Waals surface area contributed by atoms with Crippen LogP contribution in [0.4, 0.5) is 0 Å². The maximum absolute atomic E-state index is 13.6. The third kappa shape index (κ3) is 4.05. The molecule has 0 aromatic heterocycles. The summed E-state index contributed by atoms with van der Waals surface area (Å²) in [5.41, 5.74) is 0.518. The highest BCUT2D eigenvalue weighted by atomic mass is 35.5. The maximum atomic E-state index is 13.6. The van der Waals surface area contributed by atoms with Gasteiger partial charge in [0, 0.05) is 12.1 Å². The van der Waals surface area contributed by atoms with Crippen molar-refractivity contribution in [2.45, 2.75) is 56.2 Å². The van der Waals surface area contributed by atoms with Crippen molar-refractivity contribution in [3.8, 4) is 0 Å². The van der Waals surface area contributed by atoms with Crippen LogP contribution in [0.3, 0.4) is 0 Å². The summed E-state index contributed by atoms with van der Waals surface area (Å²) in [5, 5.41) is 2.57. The minimum atomic E-state index is -0.661. The van der Waals surface area contributed by atoms with Gasteiger partial charge in [-0.3, -0.25) is 14.4 Å². The zero-order chi connectivity index (χ0) is 20.5. The summed E-state index contributed by atoms with van der Waals surface area (Å²) in [7, 11) is 0. The highest BCUT2D eigenvalue weighted by molar-refractivity contribution is 6.22. The van der Waals surface area contributed by atoms with Gasteiger partial charge in [-0.15, -0.1) is 11.6 Å². The fourth-order valence-electron chi connectivity index (χ4n) is 4.82. The Hall–Kier alpha value is -1.92. The summed E-state index contributed by atoms with van der Waals surface area (Å²) in [5.74, 6) is 0.0779. The van der Waals surface area contributed by atoms with Crippen LogP contribution in [0.1, 0.15) is 43.0 Å². The number of likely N-dealkylation sites (tertiary alicyclic amines) is 1. The van der Waals surface area contributed by atoms with Gasteiger partial charge in [-0.05, 0) is 36.8 Å². The molecule has 2 aliphatic heterocycles. The molecule has 4 rings (SSSR count). The van der Waals surface area contributed by atoms with Crippen LogP contribution in [0.2, 0.25) is 0 Å². The van der Waals surface area contributed by atoms with Crippen LogP contribution in [-0.4, -0.2) is 59.2 Å². The van der Waals surface area contributed by atoms with Gasteiger partial charge in [-0.25, -0.2) is 0 Å². The number of rotatable bonds is 4. The molecule has 1 aliphatic carbocycles. The Balaban J connectivity index is 1.57. The molecule has 0 bridgehead atoms. The SMILES string of the molecule is CC1CCC([C@H](NC(=O)c2ccccc2)C(=O)N2C[C@H](Cl)[C@H]3OCC(=O)[C@H]32)CC1. The number of hydrogen-bond donors (Lipinski definition) is 1. The van der Waals surface area contributed by atoms with Crippen LogP contribution in [-0.2, 0) is 14.3 Å². The number of halogens is 1. The molecule has 1 aromatic rings. The smallest absolute Gasteiger partial charge is 0.251 e. The number of Topliss-reactive ketones (excluding diaryl/α,β-unsaturated/α-hetero) is 1. The maximum Gasteiger partial charge on any atom is 0.251 e. The van der Waals surface area contributed by atoms with Crippen molar-refractivity contribution in [2.24, 2.45) is 11.8 Å². The van der Waals surface area contributed by atoms with E-state index in [-0.39, 0.29) is 36.7 Å². The number of fused-ring (bicyclic) bond motifs is 1. The molecule has 0 unspecified atom stereocenters. The van der Waals surface area contributed by atoms with Gasteiger partial charge in [-0.1, -0.05) is 38.0 Å². The third-order valence-electron chi connectivity index (χ3n) is 6.53. The van der Waals surface area contributed by atoms with E-state index in [1.54, 1.807) is 29.2 Å². The highest BCUT2D eigenvalue weighted by Gasteiger charge is 2.53. The molecule has 6 nitrogen and oxygen atoms in total. The van der Waals surface area contributed by atoms with Gasteiger partial charge in [0.25, 0.3) is 5.91 Å². The summed E-state index contributed by atoms with van der Waals surface area (Å²) in [6.45, 7) is 2.47. The lowest BCUT2D eigenvalue weighted by molar-refractivity contribution is -0.139.